The van der Waals surface area contributed by atoms with Crippen molar-refractivity contribution in [2.75, 3.05) is 32.7 Å². The van der Waals surface area contributed by atoms with Crippen LogP contribution in [0.3, 0.4) is 0 Å². The van der Waals surface area contributed by atoms with Crippen LogP contribution in [0.4, 0.5) is 0 Å². The number of nitrogens with zero attached hydrogens (tertiary/aromatic N) is 1. The summed E-state index contributed by atoms with van der Waals surface area (Å²) in [5, 5.41) is 6.71. The van der Waals surface area contributed by atoms with Crippen molar-refractivity contribution in [1.82, 2.24) is 15.5 Å². The highest BCUT2D eigenvalue weighted by atomic mass is 35.5. The lowest BCUT2D eigenvalue weighted by molar-refractivity contribution is -0.124. The van der Waals surface area contributed by atoms with Crippen molar-refractivity contribution in [3.05, 3.63) is 0 Å². The van der Waals surface area contributed by atoms with Crippen molar-refractivity contribution in [2.45, 2.75) is 58.4 Å². The quantitative estimate of drug-likeness (QED) is 0.728. The number of amides is 1. The van der Waals surface area contributed by atoms with E-state index in [1.807, 2.05) is 0 Å². The van der Waals surface area contributed by atoms with Crippen LogP contribution in [0.2, 0.25) is 0 Å². The van der Waals surface area contributed by atoms with Gasteiger partial charge in [0.25, 0.3) is 0 Å². The van der Waals surface area contributed by atoms with Crippen molar-refractivity contribution in [3.63, 3.8) is 0 Å². The summed E-state index contributed by atoms with van der Waals surface area (Å²) in [4.78, 5) is 14.9. The van der Waals surface area contributed by atoms with Gasteiger partial charge in [0.2, 0.25) is 5.91 Å². The van der Waals surface area contributed by atoms with Gasteiger partial charge in [-0.25, -0.2) is 0 Å². The molecule has 3 fully saturated rings. The van der Waals surface area contributed by atoms with E-state index in [1.165, 1.54) is 45.2 Å². The summed E-state index contributed by atoms with van der Waals surface area (Å²) in [5.41, 5.74) is 0.199. The van der Waals surface area contributed by atoms with E-state index in [4.69, 9.17) is 0 Å². The molecule has 23 heavy (non-hydrogen) atoms. The summed E-state index contributed by atoms with van der Waals surface area (Å²) in [7, 11) is 0. The van der Waals surface area contributed by atoms with E-state index >= 15 is 0 Å². The van der Waals surface area contributed by atoms with Gasteiger partial charge < -0.3 is 15.5 Å². The van der Waals surface area contributed by atoms with Crippen LogP contribution in [0.1, 0.15) is 52.9 Å². The molecule has 0 aromatic rings. The summed E-state index contributed by atoms with van der Waals surface area (Å²) in [5.74, 6) is 1.62. The first kappa shape index (κ1) is 19.0. The number of hydrogen-bond donors (Lipinski definition) is 2. The van der Waals surface area contributed by atoms with E-state index in [1.54, 1.807) is 0 Å². The Morgan fingerprint density at radius 2 is 1.78 bits per heavy atom. The molecule has 4 nitrogen and oxygen atoms in total. The van der Waals surface area contributed by atoms with Gasteiger partial charge in [-0.1, -0.05) is 13.8 Å². The standard InChI is InChI=1S/C18H33N3O.ClH/c1-17(2)14-6-7-15(12-14)18(17,3)20-16(22)13-19-8-11-21-9-4-5-10-21;/h14-15,19H,4-13H2,1-3H3,(H,20,22);1H. The number of halogens is 1. The van der Waals surface area contributed by atoms with Gasteiger partial charge >= 0.3 is 0 Å². The van der Waals surface area contributed by atoms with Gasteiger partial charge in [-0.3, -0.25) is 4.79 Å². The topological polar surface area (TPSA) is 44.4 Å². The number of rotatable bonds is 6. The van der Waals surface area contributed by atoms with Crippen molar-refractivity contribution < 1.29 is 4.79 Å². The Hall–Kier alpha value is -0.320. The fourth-order valence-corrected chi connectivity index (χ4v) is 5.15. The number of nitrogens with one attached hydrogen (secondary N) is 2. The van der Waals surface area contributed by atoms with Crippen LogP contribution in [0.5, 0.6) is 0 Å². The lowest BCUT2D eigenvalue weighted by Crippen LogP contribution is -2.60. The predicted molar refractivity (Wildman–Crippen MR) is 97.0 cm³/mol. The van der Waals surface area contributed by atoms with E-state index < -0.39 is 0 Å². The highest BCUT2D eigenvalue weighted by Crippen LogP contribution is 2.61. The van der Waals surface area contributed by atoms with Gasteiger partial charge in [0.15, 0.2) is 0 Å². The van der Waals surface area contributed by atoms with Gasteiger partial charge in [-0.05, 0) is 69.4 Å². The van der Waals surface area contributed by atoms with E-state index in [2.05, 4.69) is 36.3 Å². The smallest absolute Gasteiger partial charge is 0.234 e. The van der Waals surface area contributed by atoms with Crippen molar-refractivity contribution in [2.24, 2.45) is 17.3 Å². The van der Waals surface area contributed by atoms with Crippen LogP contribution < -0.4 is 10.6 Å². The molecular formula is C18H34ClN3O. The molecule has 1 heterocycles. The van der Waals surface area contributed by atoms with Gasteiger partial charge in [-0.2, -0.15) is 0 Å². The number of likely N-dealkylation sites (tertiary alicyclic amines) is 1. The molecule has 0 aromatic carbocycles. The number of carbonyl (C=O) groups is 1. The number of fused-ring (bicyclic) bond motifs is 2. The summed E-state index contributed by atoms with van der Waals surface area (Å²) < 4.78 is 0. The zero-order chi connectivity index (χ0) is 15.8. The molecule has 3 atom stereocenters. The Morgan fingerprint density at radius 3 is 2.39 bits per heavy atom. The molecule has 1 saturated heterocycles. The van der Waals surface area contributed by atoms with Gasteiger partial charge in [0.05, 0.1) is 6.54 Å². The van der Waals surface area contributed by atoms with E-state index in [0.717, 1.165) is 19.0 Å². The molecule has 5 heteroatoms. The monoisotopic (exact) mass is 343 g/mol. The maximum absolute atomic E-state index is 12.4. The molecule has 0 radical (unpaired) electrons. The first-order valence-corrected chi connectivity index (χ1v) is 9.17. The molecule has 2 bridgehead atoms. The summed E-state index contributed by atoms with van der Waals surface area (Å²) in [6.07, 6.45) is 6.59. The highest BCUT2D eigenvalue weighted by molar-refractivity contribution is 5.85. The van der Waals surface area contributed by atoms with Gasteiger partial charge in [0.1, 0.15) is 0 Å². The van der Waals surface area contributed by atoms with Crippen molar-refractivity contribution in [1.29, 1.82) is 0 Å². The maximum atomic E-state index is 12.4. The third-order valence-corrected chi connectivity index (χ3v) is 7.10. The minimum Gasteiger partial charge on any atom is -0.349 e. The molecule has 2 aliphatic carbocycles. The summed E-state index contributed by atoms with van der Waals surface area (Å²) in [6.45, 7) is 11.9. The molecule has 2 N–H and O–H groups in total. The third kappa shape index (κ3) is 3.54. The molecular weight excluding hydrogens is 310 g/mol. The second-order valence-electron chi connectivity index (χ2n) is 8.40. The average molecular weight is 344 g/mol. The molecule has 1 amide bonds. The minimum atomic E-state index is -0.0242. The number of carbonyl (C=O) groups excluding carboxylic acids is 1. The lowest BCUT2D eigenvalue weighted by atomic mass is 9.64. The molecule has 2 saturated carbocycles. The fourth-order valence-electron chi connectivity index (χ4n) is 5.15. The van der Waals surface area contributed by atoms with Crippen molar-refractivity contribution in [3.8, 4) is 0 Å². The first-order valence-electron chi connectivity index (χ1n) is 9.17. The molecule has 0 spiro atoms. The summed E-state index contributed by atoms with van der Waals surface area (Å²) in [6, 6.07) is 0. The second kappa shape index (κ2) is 7.28. The minimum absolute atomic E-state index is 0. The van der Waals surface area contributed by atoms with Crippen molar-refractivity contribution >= 4 is 18.3 Å². The Labute approximate surface area is 147 Å². The van der Waals surface area contributed by atoms with Gasteiger partial charge in [-0.15, -0.1) is 12.4 Å². The first-order chi connectivity index (χ1) is 10.4. The van der Waals surface area contributed by atoms with Crippen LogP contribution in [0.25, 0.3) is 0 Å². The Kier molecular flexibility index (Phi) is 6.02. The van der Waals surface area contributed by atoms with E-state index in [-0.39, 0.29) is 29.3 Å². The molecule has 3 unspecified atom stereocenters. The normalized spacial score (nSPS) is 35.3. The SMILES string of the molecule is CC1(C)C2CCC(C2)C1(C)NC(=O)CNCCN1CCCC1.Cl. The Morgan fingerprint density at radius 1 is 1.13 bits per heavy atom. The Balaban J connectivity index is 0.00000192. The van der Waals surface area contributed by atoms with Crippen LogP contribution in [0.15, 0.2) is 0 Å². The maximum Gasteiger partial charge on any atom is 0.234 e. The summed E-state index contributed by atoms with van der Waals surface area (Å²) >= 11 is 0. The molecule has 3 rings (SSSR count). The van der Waals surface area contributed by atoms with Gasteiger partial charge in [0, 0.05) is 18.6 Å². The predicted octanol–water partition coefficient (Wildman–Crippen LogP) is 2.42. The second-order valence-corrected chi connectivity index (χ2v) is 8.40. The zero-order valence-corrected chi connectivity index (χ0v) is 15.8. The third-order valence-electron chi connectivity index (χ3n) is 7.10. The van der Waals surface area contributed by atoms with E-state index in [9.17, 15) is 4.79 Å². The molecule has 3 aliphatic rings. The largest absolute Gasteiger partial charge is 0.349 e. The Bertz CT molecular complexity index is 422. The van der Waals surface area contributed by atoms with Crippen LogP contribution in [0, 0.1) is 17.3 Å². The fraction of sp³-hybridized carbons (Fsp3) is 0.944. The van der Waals surface area contributed by atoms with Crippen LogP contribution in [-0.2, 0) is 4.79 Å². The number of hydrogen-bond acceptors (Lipinski definition) is 3. The molecule has 0 aromatic heterocycles. The molecule has 134 valence electrons. The van der Waals surface area contributed by atoms with Crippen LogP contribution in [-0.4, -0.2) is 49.1 Å². The lowest BCUT2D eigenvalue weighted by Gasteiger charge is -2.48. The average Bonchev–Trinajstić information content (AvgIpc) is 3.16. The molecule has 1 aliphatic heterocycles. The van der Waals surface area contributed by atoms with E-state index in [0.29, 0.717) is 12.5 Å². The highest BCUT2D eigenvalue weighted by Gasteiger charge is 2.60. The van der Waals surface area contributed by atoms with Crippen LogP contribution >= 0.6 is 12.4 Å². The zero-order valence-electron chi connectivity index (χ0n) is 15.0.